The van der Waals surface area contributed by atoms with E-state index in [2.05, 4.69) is 16.0 Å². The fourth-order valence-electron chi connectivity index (χ4n) is 3.77. The molecule has 1 heterocycles. The number of imidazole rings is 1. The maximum atomic E-state index is 6.35. The Hall–Kier alpha value is -1.02. The van der Waals surface area contributed by atoms with Gasteiger partial charge in [0.15, 0.2) is 0 Å². The zero-order chi connectivity index (χ0) is 15.2. The van der Waals surface area contributed by atoms with Crippen molar-refractivity contribution in [3.05, 3.63) is 29.0 Å². The lowest BCUT2D eigenvalue weighted by Crippen LogP contribution is -2.05. The normalized spacial score (nSPS) is 16.4. The van der Waals surface area contributed by atoms with E-state index in [0.717, 1.165) is 28.4 Å². The maximum Gasteiger partial charge on any atom is 0.0931 e. The molecule has 1 N–H and O–H groups in total. The minimum absolute atomic E-state index is 0.863. The highest BCUT2D eigenvalue weighted by Gasteiger charge is 2.12. The summed E-state index contributed by atoms with van der Waals surface area (Å²) in [6.07, 6.45) is 17.0. The van der Waals surface area contributed by atoms with E-state index in [1.165, 1.54) is 69.8 Å². The Bertz CT molecular complexity index is 584. The van der Waals surface area contributed by atoms with Crippen LogP contribution in [0.1, 0.15) is 69.8 Å². The van der Waals surface area contributed by atoms with Crippen LogP contribution in [0.5, 0.6) is 0 Å². The maximum absolute atomic E-state index is 6.35. The van der Waals surface area contributed by atoms with Gasteiger partial charge >= 0.3 is 0 Å². The minimum atomic E-state index is 0.863. The molecule has 1 saturated carbocycles. The summed E-state index contributed by atoms with van der Waals surface area (Å²) in [4.78, 5) is 7.41. The van der Waals surface area contributed by atoms with Crippen LogP contribution in [-0.4, -0.2) is 9.97 Å². The summed E-state index contributed by atoms with van der Waals surface area (Å²) >= 11 is 6.35. The second-order valence-corrected chi connectivity index (χ2v) is 7.23. The van der Waals surface area contributed by atoms with Crippen molar-refractivity contribution in [1.82, 2.24) is 9.97 Å². The summed E-state index contributed by atoms with van der Waals surface area (Å²) in [6, 6.07) is 4.14. The average molecular weight is 319 g/mol. The molecule has 120 valence electrons. The van der Waals surface area contributed by atoms with Gasteiger partial charge in [0.05, 0.1) is 17.4 Å². The lowest BCUT2D eigenvalue weighted by Gasteiger charge is -2.21. The smallest absolute Gasteiger partial charge is 0.0931 e. The van der Waals surface area contributed by atoms with Gasteiger partial charge in [0, 0.05) is 5.02 Å². The Labute approximate surface area is 138 Å². The first-order chi connectivity index (χ1) is 10.8. The van der Waals surface area contributed by atoms with Gasteiger partial charge in [0.2, 0.25) is 0 Å². The molecule has 3 rings (SSSR count). The van der Waals surface area contributed by atoms with Crippen molar-refractivity contribution >= 4 is 22.6 Å². The molecule has 0 spiro atoms. The first-order valence-electron chi connectivity index (χ1n) is 8.94. The number of unbranched alkanes of at least 4 members (excludes halogenated alkanes) is 3. The largest absolute Gasteiger partial charge is 0.345 e. The van der Waals surface area contributed by atoms with Gasteiger partial charge in [0.25, 0.3) is 0 Å². The molecule has 0 amide bonds. The molecule has 1 aromatic heterocycles. The molecule has 22 heavy (non-hydrogen) atoms. The van der Waals surface area contributed by atoms with E-state index < -0.39 is 0 Å². The van der Waals surface area contributed by atoms with E-state index in [9.17, 15) is 0 Å². The zero-order valence-electron chi connectivity index (χ0n) is 13.4. The first kappa shape index (κ1) is 15.9. The van der Waals surface area contributed by atoms with Crippen molar-refractivity contribution in [2.75, 3.05) is 0 Å². The van der Waals surface area contributed by atoms with Crippen molar-refractivity contribution in [1.29, 1.82) is 0 Å². The van der Waals surface area contributed by atoms with Gasteiger partial charge in [-0.3, -0.25) is 0 Å². The number of aromatic nitrogens is 2. The molecule has 0 unspecified atom stereocenters. The Kier molecular flexibility index (Phi) is 5.77. The molecule has 0 aliphatic heterocycles. The molecular weight excluding hydrogens is 292 g/mol. The van der Waals surface area contributed by atoms with Crippen LogP contribution >= 0.6 is 11.6 Å². The van der Waals surface area contributed by atoms with Gasteiger partial charge in [-0.1, -0.05) is 69.4 Å². The highest BCUT2D eigenvalue weighted by molar-refractivity contribution is 6.32. The molecule has 0 saturated heterocycles. The van der Waals surface area contributed by atoms with Gasteiger partial charge in [0.1, 0.15) is 0 Å². The summed E-state index contributed by atoms with van der Waals surface area (Å²) in [5, 5.41) is 0.863. The Morgan fingerprint density at radius 2 is 1.86 bits per heavy atom. The van der Waals surface area contributed by atoms with Crippen molar-refractivity contribution in [2.24, 2.45) is 5.92 Å². The molecule has 2 aromatic rings. The summed E-state index contributed by atoms with van der Waals surface area (Å²) in [7, 11) is 0. The molecule has 0 atom stereocenters. The van der Waals surface area contributed by atoms with Crippen molar-refractivity contribution in [3.8, 4) is 0 Å². The number of halogens is 1. The number of rotatable bonds is 7. The van der Waals surface area contributed by atoms with Crippen molar-refractivity contribution in [3.63, 3.8) is 0 Å². The first-order valence-corrected chi connectivity index (χ1v) is 9.32. The molecule has 1 fully saturated rings. The number of hydrogen-bond donors (Lipinski definition) is 1. The summed E-state index contributed by atoms with van der Waals surface area (Å²) in [6.45, 7) is 0. The lowest BCUT2D eigenvalue weighted by molar-refractivity contribution is 0.328. The third-order valence-corrected chi connectivity index (χ3v) is 5.47. The number of aryl methyl sites for hydroxylation is 1. The molecular formula is C19H27ClN2. The molecule has 1 aliphatic carbocycles. The van der Waals surface area contributed by atoms with Crippen LogP contribution in [0.3, 0.4) is 0 Å². The molecule has 1 aromatic carbocycles. The van der Waals surface area contributed by atoms with E-state index in [-0.39, 0.29) is 0 Å². The van der Waals surface area contributed by atoms with Gasteiger partial charge < -0.3 is 4.98 Å². The predicted molar refractivity (Wildman–Crippen MR) is 94.5 cm³/mol. The average Bonchev–Trinajstić information content (AvgIpc) is 2.98. The minimum Gasteiger partial charge on any atom is -0.345 e. The number of hydrogen-bond acceptors (Lipinski definition) is 1. The Morgan fingerprint density at radius 1 is 1.05 bits per heavy atom. The third-order valence-electron chi connectivity index (χ3n) is 5.12. The van der Waals surface area contributed by atoms with E-state index in [1.54, 1.807) is 6.33 Å². The van der Waals surface area contributed by atoms with Crippen molar-refractivity contribution in [2.45, 2.75) is 70.6 Å². The number of H-pyrrole nitrogens is 1. The van der Waals surface area contributed by atoms with Crippen LogP contribution in [-0.2, 0) is 6.42 Å². The Morgan fingerprint density at radius 3 is 2.73 bits per heavy atom. The van der Waals surface area contributed by atoms with Crippen LogP contribution < -0.4 is 0 Å². The fourth-order valence-corrected chi connectivity index (χ4v) is 4.02. The van der Waals surface area contributed by atoms with Crippen LogP contribution in [0.4, 0.5) is 0 Å². The van der Waals surface area contributed by atoms with E-state index in [4.69, 9.17) is 11.6 Å². The highest BCUT2D eigenvalue weighted by atomic mass is 35.5. The monoisotopic (exact) mass is 318 g/mol. The van der Waals surface area contributed by atoms with Crippen LogP contribution in [0.15, 0.2) is 18.5 Å². The van der Waals surface area contributed by atoms with Crippen LogP contribution in [0.2, 0.25) is 5.02 Å². The lowest BCUT2D eigenvalue weighted by atomic mass is 9.85. The summed E-state index contributed by atoms with van der Waals surface area (Å²) in [5.41, 5.74) is 3.31. The van der Waals surface area contributed by atoms with Gasteiger partial charge in [-0.15, -0.1) is 0 Å². The van der Waals surface area contributed by atoms with E-state index >= 15 is 0 Å². The second-order valence-electron chi connectivity index (χ2n) is 6.82. The quantitative estimate of drug-likeness (QED) is 0.597. The van der Waals surface area contributed by atoms with Crippen LogP contribution in [0, 0.1) is 5.92 Å². The number of nitrogens with one attached hydrogen (secondary N) is 1. The fraction of sp³-hybridized carbons (Fsp3) is 0.632. The SMILES string of the molecule is Clc1cc2nc[nH]c2cc1CCCCCCC1CCCCC1. The Balaban J connectivity index is 1.36. The van der Waals surface area contributed by atoms with E-state index in [0.29, 0.717) is 0 Å². The number of aromatic amines is 1. The summed E-state index contributed by atoms with van der Waals surface area (Å²) < 4.78 is 0. The number of benzene rings is 1. The third kappa shape index (κ3) is 4.25. The van der Waals surface area contributed by atoms with Crippen LogP contribution in [0.25, 0.3) is 11.0 Å². The number of nitrogens with zero attached hydrogens (tertiary/aromatic N) is 1. The molecule has 0 bridgehead atoms. The zero-order valence-corrected chi connectivity index (χ0v) is 14.2. The molecule has 0 radical (unpaired) electrons. The van der Waals surface area contributed by atoms with Crippen molar-refractivity contribution < 1.29 is 0 Å². The van der Waals surface area contributed by atoms with Gasteiger partial charge in [-0.25, -0.2) is 4.98 Å². The second kappa shape index (κ2) is 8.01. The van der Waals surface area contributed by atoms with Gasteiger partial charge in [-0.05, 0) is 36.5 Å². The van der Waals surface area contributed by atoms with E-state index in [1.807, 2.05) is 6.07 Å². The predicted octanol–water partition coefficient (Wildman–Crippen LogP) is 6.29. The number of fused-ring (bicyclic) bond motifs is 1. The molecule has 1 aliphatic rings. The standard InChI is InChI=1S/C19H27ClN2/c20-17-13-19-18(21-14-22-19)12-16(17)11-7-2-1-4-8-15-9-5-3-6-10-15/h12-15H,1-11H2,(H,21,22). The molecule has 3 heteroatoms. The molecule has 2 nitrogen and oxygen atoms in total. The summed E-state index contributed by atoms with van der Waals surface area (Å²) in [5.74, 6) is 1.03. The van der Waals surface area contributed by atoms with Gasteiger partial charge in [-0.2, -0.15) is 0 Å². The topological polar surface area (TPSA) is 28.7 Å². The highest BCUT2D eigenvalue weighted by Crippen LogP contribution is 2.28.